The van der Waals surface area contributed by atoms with Crippen molar-refractivity contribution < 1.29 is 9.53 Å². The van der Waals surface area contributed by atoms with E-state index in [0.717, 1.165) is 41.5 Å². The maximum atomic E-state index is 12.4. The number of likely N-dealkylation sites (tertiary alicyclic amines) is 1. The summed E-state index contributed by atoms with van der Waals surface area (Å²) >= 11 is 9.09. The molecule has 1 aromatic carbocycles. The summed E-state index contributed by atoms with van der Waals surface area (Å²) < 4.78 is 6.60. The van der Waals surface area contributed by atoms with Gasteiger partial charge in [0.25, 0.3) is 5.91 Å². The molecule has 0 N–H and O–H groups in total. The van der Waals surface area contributed by atoms with E-state index in [9.17, 15) is 4.79 Å². The van der Waals surface area contributed by atoms with E-state index in [1.165, 1.54) is 0 Å². The Balaban J connectivity index is 1.92. The number of benzene rings is 1. The molecule has 0 aliphatic carbocycles. The van der Waals surface area contributed by atoms with Gasteiger partial charge in [-0.15, -0.1) is 11.6 Å². The first-order chi connectivity index (χ1) is 9.61. The number of rotatable bonds is 4. The Morgan fingerprint density at radius 2 is 2.15 bits per heavy atom. The highest BCUT2D eigenvalue weighted by Gasteiger charge is 2.24. The van der Waals surface area contributed by atoms with Crippen LogP contribution >= 0.6 is 27.5 Å². The molecule has 1 fully saturated rings. The number of alkyl halides is 1. The smallest absolute Gasteiger partial charge is 0.253 e. The molecule has 0 bridgehead atoms. The summed E-state index contributed by atoms with van der Waals surface area (Å²) in [7, 11) is 0. The number of aryl methyl sites for hydroxylation is 1. The normalized spacial score (nSPS) is 16.4. The topological polar surface area (TPSA) is 29.5 Å². The first-order valence-corrected chi connectivity index (χ1v) is 8.17. The van der Waals surface area contributed by atoms with Crippen molar-refractivity contribution in [2.75, 3.05) is 25.6 Å². The van der Waals surface area contributed by atoms with Crippen molar-refractivity contribution in [3.05, 3.63) is 33.8 Å². The summed E-state index contributed by atoms with van der Waals surface area (Å²) in [4.78, 5) is 14.3. The van der Waals surface area contributed by atoms with E-state index >= 15 is 0 Å². The first kappa shape index (κ1) is 15.8. The van der Waals surface area contributed by atoms with Crippen LogP contribution in [0.4, 0.5) is 0 Å². The fourth-order valence-corrected chi connectivity index (χ4v) is 2.81. The lowest BCUT2D eigenvalue weighted by Gasteiger charge is -2.32. The molecule has 0 aromatic heterocycles. The summed E-state index contributed by atoms with van der Waals surface area (Å²) in [5.41, 5.74) is 1.87. The van der Waals surface area contributed by atoms with Gasteiger partial charge in [-0.25, -0.2) is 0 Å². The second kappa shape index (κ2) is 7.43. The van der Waals surface area contributed by atoms with Crippen molar-refractivity contribution in [1.29, 1.82) is 0 Å². The van der Waals surface area contributed by atoms with Crippen LogP contribution in [0.15, 0.2) is 22.7 Å². The largest absolute Gasteiger partial charge is 0.377 e. The van der Waals surface area contributed by atoms with Crippen LogP contribution in [0.2, 0.25) is 0 Å². The zero-order valence-electron chi connectivity index (χ0n) is 11.6. The highest BCUT2D eigenvalue weighted by molar-refractivity contribution is 9.10. The molecule has 1 aliphatic heterocycles. The minimum atomic E-state index is 0.0986. The monoisotopic (exact) mass is 359 g/mol. The maximum Gasteiger partial charge on any atom is 0.253 e. The molecule has 20 heavy (non-hydrogen) atoms. The van der Waals surface area contributed by atoms with Gasteiger partial charge in [0.1, 0.15) is 0 Å². The minimum absolute atomic E-state index is 0.0986. The van der Waals surface area contributed by atoms with Gasteiger partial charge >= 0.3 is 0 Å². The number of carbonyl (C=O) groups excluding carboxylic acids is 1. The summed E-state index contributed by atoms with van der Waals surface area (Å²) in [6.07, 6.45) is 2.01. The Kier molecular flexibility index (Phi) is 5.87. The van der Waals surface area contributed by atoms with Crippen LogP contribution < -0.4 is 0 Å². The van der Waals surface area contributed by atoms with Gasteiger partial charge in [-0.2, -0.15) is 0 Å². The Labute approximate surface area is 133 Å². The summed E-state index contributed by atoms with van der Waals surface area (Å²) in [5.74, 6) is 0.623. The number of ether oxygens (including phenoxy) is 1. The molecule has 2 rings (SSSR count). The molecule has 0 unspecified atom stereocenters. The SMILES string of the molecule is Cc1ccc(C(=O)N2CCC(OCCCl)CC2)cc1Br. The lowest BCUT2D eigenvalue weighted by Crippen LogP contribution is -2.41. The number of piperidine rings is 1. The van der Waals surface area contributed by atoms with Gasteiger partial charge in [0, 0.05) is 29.0 Å². The van der Waals surface area contributed by atoms with E-state index in [0.29, 0.717) is 12.5 Å². The minimum Gasteiger partial charge on any atom is -0.377 e. The van der Waals surface area contributed by atoms with Crippen molar-refractivity contribution in [1.82, 2.24) is 4.90 Å². The van der Waals surface area contributed by atoms with E-state index in [-0.39, 0.29) is 12.0 Å². The van der Waals surface area contributed by atoms with E-state index in [1.54, 1.807) is 0 Å². The van der Waals surface area contributed by atoms with Gasteiger partial charge in [0.2, 0.25) is 0 Å². The number of carbonyl (C=O) groups is 1. The van der Waals surface area contributed by atoms with Crippen LogP contribution in [-0.4, -0.2) is 42.5 Å². The molecule has 0 saturated carbocycles. The third-order valence-electron chi connectivity index (χ3n) is 3.58. The lowest BCUT2D eigenvalue weighted by molar-refractivity contribution is 0.0154. The predicted octanol–water partition coefficient (Wildman–Crippen LogP) is 3.62. The molecule has 1 amide bonds. The second-order valence-electron chi connectivity index (χ2n) is 5.02. The number of halogens is 2. The van der Waals surface area contributed by atoms with Crippen LogP contribution in [0.3, 0.4) is 0 Å². The van der Waals surface area contributed by atoms with Gasteiger partial charge in [0.15, 0.2) is 0 Å². The summed E-state index contributed by atoms with van der Waals surface area (Å²) in [6, 6.07) is 5.75. The number of nitrogens with zero attached hydrogens (tertiary/aromatic N) is 1. The standard InChI is InChI=1S/C15H19BrClNO2/c1-11-2-3-12(10-14(11)16)15(19)18-7-4-13(5-8-18)20-9-6-17/h2-3,10,13H,4-9H2,1H3. The van der Waals surface area contributed by atoms with Gasteiger partial charge in [-0.3, -0.25) is 4.79 Å². The molecule has 0 radical (unpaired) electrons. The van der Waals surface area contributed by atoms with Crippen molar-refractivity contribution in [3.63, 3.8) is 0 Å². The molecule has 5 heteroatoms. The molecular weight excluding hydrogens is 342 g/mol. The Morgan fingerprint density at radius 3 is 2.75 bits per heavy atom. The molecule has 1 heterocycles. The lowest BCUT2D eigenvalue weighted by atomic mass is 10.1. The van der Waals surface area contributed by atoms with Crippen LogP contribution in [0.1, 0.15) is 28.8 Å². The molecule has 1 saturated heterocycles. The van der Waals surface area contributed by atoms with Gasteiger partial charge in [0.05, 0.1) is 12.7 Å². The fraction of sp³-hybridized carbons (Fsp3) is 0.533. The Morgan fingerprint density at radius 1 is 1.45 bits per heavy atom. The third kappa shape index (κ3) is 3.96. The highest BCUT2D eigenvalue weighted by Crippen LogP contribution is 2.21. The van der Waals surface area contributed by atoms with Crippen molar-refractivity contribution in [2.24, 2.45) is 0 Å². The van der Waals surface area contributed by atoms with Crippen molar-refractivity contribution >= 4 is 33.4 Å². The fourth-order valence-electron chi connectivity index (χ4n) is 2.35. The number of hydrogen-bond donors (Lipinski definition) is 0. The van der Waals surface area contributed by atoms with Gasteiger partial charge in [-0.05, 0) is 37.5 Å². The van der Waals surface area contributed by atoms with E-state index < -0.39 is 0 Å². The zero-order chi connectivity index (χ0) is 14.5. The second-order valence-corrected chi connectivity index (χ2v) is 6.25. The average molecular weight is 361 g/mol. The van der Waals surface area contributed by atoms with Crippen LogP contribution in [0.25, 0.3) is 0 Å². The highest BCUT2D eigenvalue weighted by atomic mass is 79.9. The summed E-state index contributed by atoms with van der Waals surface area (Å²) in [5, 5.41) is 0. The zero-order valence-corrected chi connectivity index (χ0v) is 13.9. The maximum absolute atomic E-state index is 12.4. The predicted molar refractivity (Wildman–Crippen MR) is 84.5 cm³/mol. The molecule has 1 aliphatic rings. The third-order valence-corrected chi connectivity index (χ3v) is 4.59. The molecule has 0 spiro atoms. The molecule has 1 aromatic rings. The van der Waals surface area contributed by atoms with Crippen molar-refractivity contribution in [3.8, 4) is 0 Å². The van der Waals surface area contributed by atoms with Crippen LogP contribution in [0.5, 0.6) is 0 Å². The van der Waals surface area contributed by atoms with Gasteiger partial charge in [-0.1, -0.05) is 22.0 Å². The first-order valence-electron chi connectivity index (χ1n) is 6.85. The van der Waals surface area contributed by atoms with Crippen molar-refractivity contribution in [2.45, 2.75) is 25.9 Å². The van der Waals surface area contributed by atoms with Gasteiger partial charge < -0.3 is 9.64 Å². The molecular formula is C15H19BrClNO2. The Hall–Kier alpha value is -0.580. The van der Waals surface area contributed by atoms with E-state index in [1.807, 2.05) is 30.0 Å². The van der Waals surface area contributed by atoms with Crippen LogP contribution in [0, 0.1) is 6.92 Å². The van der Waals surface area contributed by atoms with Crippen LogP contribution in [-0.2, 0) is 4.74 Å². The Bertz CT molecular complexity index is 473. The summed E-state index contributed by atoms with van der Waals surface area (Å²) in [6.45, 7) is 4.09. The van der Waals surface area contributed by atoms with E-state index in [2.05, 4.69) is 15.9 Å². The number of hydrogen-bond acceptors (Lipinski definition) is 2. The molecule has 3 nitrogen and oxygen atoms in total. The van der Waals surface area contributed by atoms with E-state index in [4.69, 9.17) is 16.3 Å². The quantitative estimate of drug-likeness (QED) is 0.768. The molecule has 110 valence electrons. The molecule has 0 atom stereocenters. The average Bonchev–Trinajstić information content (AvgIpc) is 2.48. The number of amides is 1.